The number of carbonyl (C=O) groups is 1. The van der Waals surface area contributed by atoms with E-state index in [4.69, 9.17) is 4.74 Å². The number of amides is 1. The third-order valence-corrected chi connectivity index (χ3v) is 3.99. The van der Waals surface area contributed by atoms with Gasteiger partial charge in [0.2, 0.25) is 0 Å². The van der Waals surface area contributed by atoms with Crippen LogP contribution in [0.15, 0.2) is 24.3 Å². The fourth-order valence-electron chi connectivity index (χ4n) is 2.73. The van der Waals surface area contributed by atoms with Crippen molar-refractivity contribution in [2.45, 2.75) is 64.2 Å². The number of aliphatic hydroxyl groups excluding tert-OH is 1. The summed E-state index contributed by atoms with van der Waals surface area (Å²) >= 11 is 0. The average Bonchev–Trinajstić information content (AvgIpc) is 2.47. The lowest BCUT2D eigenvalue weighted by atomic mass is 9.92. The van der Waals surface area contributed by atoms with E-state index in [0.717, 1.165) is 31.2 Å². The molecule has 21 heavy (non-hydrogen) atoms. The van der Waals surface area contributed by atoms with Gasteiger partial charge in [-0.3, -0.25) is 4.79 Å². The SMILES string of the molecule is CCC(Oc1cccc(C)c1)C(=O)NC1CCCCC1O. The number of benzene rings is 1. The first-order valence-corrected chi connectivity index (χ1v) is 7.82. The van der Waals surface area contributed by atoms with Gasteiger partial charge in [0.05, 0.1) is 12.1 Å². The molecule has 0 aliphatic heterocycles. The molecule has 1 aliphatic carbocycles. The van der Waals surface area contributed by atoms with E-state index in [0.29, 0.717) is 12.2 Å². The lowest BCUT2D eigenvalue weighted by Gasteiger charge is -2.29. The van der Waals surface area contributed by atoms with Gasteiger partial charge in [0.25, 0.3) is 5.91 Å². The number of aryl methyl sites for hydroxylation is 1. The van der Waals surface area contributed by atoms with E-state index in [9.17, 15) is 9.90 Å². The maximum absolute atomic E-state index is 12.3. The summed E-state index contributed by atoms with van der Waals surface area (Å²) < 4.78 is 5.79. The van der Waals surface area contributed by atoms with Crippen LogP contribution in [0.4, 0.5) is 0 Å². The minimum atomic E-state index is -0.513. The van der Waals surface area contributed by atoms with Gasteiger partial charge in [-0.1, -0.05) is 31.9 Å². The molecule has 2 N–H and O–H groups in total. The van der Waals surface area contributed by atoms with Gasteiger partial charge in [-0.2, -0.15) is 0 Å². The Morgan fingerprint density at radius 1 is 1.43 bits per heavy atom. The molecule has 1 fully saturated rings. The zero-order chi connectivity index (χ0) is 15.2. The van der Waals surface area contributed by atoms with Crippen LogP contribution in [0.5, 0.6) is 5.75 Å². The Labute approximate surface area is 126 Å². The minimum absolute atomic E-state index is 0.134. The largest absolute Gasteiger partial charge is 0.481 e. The predicted octanol–water partition coefficient (Wildman–Crippen LogP) is 2.57. The molecule has 2 rings (SSSR count). The van der Waals surface area contributed by atoms with Crippen LogP contribution < -0.4 is 10.1 Å². The number of ether oxygens (including phenoxy) is 1. The highest BCUT2D eigenvalue weighted by Crippen LogP contribution is 2.19. The van der Waals surface area contributed by atoms with Gasteiger partial charge in [0.1, 0.15) is 5.75 Å². The van der Waals surface area contributed by atoms with Crippen LogP contribution in [-0.2, 0) is 4.79 Å². The van der Waals surface area contributed by atoms with Gasteiger partial charge < -0.3 is 15.2 Å². The Morgan fingerprint density at radius 2 is 2.19 bits per heavy atom. The molecule has 0 bridgehead atoms. The quantitative estimate of drug-likeness (QED) is 0.876. The highest BCUT2D eigenvalue weighted by atomic mass is 16.5. The summed E-state index contributed by atoms with van der Waals surface area (Å²) in [5.74, 6) is 0.575. The summed E-state index contributed by atoms with van der Waals surface area (Å²) in [6.07, 6.45) is 3.35. The van der Waals surface area contributed by atoms with Gasteiger partial charge in [-0.05, 0) is 43.9 Å². The maximum Gasteiger partial charge on any atom is 0.261 e. The second-order valence-corrected chi connectivity index (χ2v) is 5.80. The minimum Gasteiger partial charge on any atom is -0.481 e. The first-order valence-electron chi connectivity index (χ1n) is 7.82. The second kappa shape index (κ2) is 7.46. The Bertz CT molecular complexity index is 475. The molecule has 116 valence electrons. The fourth-order valence-corrected chi connectivity index (χ4v) is 2.73. The van der Waals surface area contributed by atoms with Crippen LogP contribution >= 0.6 is 0 Å². The lowest BCUT2D eigenvalue weighted by molar-refractivity contribution is -0.130. The number of carbonyl (C=O) groups excluding carboxylic acids is 1. The third kappa shape index (κ3) is 4.46. The van der Waals surface area contributed by atoms with Crippen LogP contribution in [-0.4, -0.2) is 29.3 Å². The molecule has 1 amide bonds. The molecule has 3 unspecified atom stereocenters. The van der Waals surface area contributed by atoms with Crippen molar-refractivity contribution in [2.75, 3.05) is 0 Å². The fraction of sp³-hybridized carbons (Fsp3) is 0.588. The summed E-state index contributed by atoms with van der Waals surface area (Å²) in [6, 6.07) is 7.55. The standard InChI is InChI=1S/C17H25NO3/c1-3-16(21-13-8-6-7-12(2)11-13)17(20)18-14-9-4-5-10-15(14)19/h6-8,11,14-16,19H,3-5,9-10H2,1-2H3,(H,18,20). The van der Waals surface area contributed by atoms with Gasteiger partial charge >= 0.3 is 0 Å². The number of hydrogen-bond acceptors (Lipinski definition) is 3. The first kappa shape index (κ1) is 15.8. The average molecular weight is 291 g/mol. The summed E-state index contributed by atoms with van der Waals surface area (Å²) in [6.45, 7) is 3.92. The number of nitrogens with one attached hydrogen (secondary N) is 1. The van der Waals surface area contributed by atoms with Crippen molar-refractivity contribution < 1.29 is 14.6 Å². The van der Waals surface area contributed by atoms with Crippen molar-refractivity contribution in [3.05, 3.63) is 29.8 Å². The van der Waals surface area contributed by atoms with Crippen LogP contribution in [0.3, 0.4) is 0 Å². The van der Waals surface area contributed by atoms with E-state index in [-0.39, 0.29) is 11.9 Å². The van der Waals surface area contributed by atoms with E-state index >= 15 is 0 Å². The predicted molar refractivity (Wildman–Crippen MR) is 82.3 cm³/mol. The molecule has 0 spiro atoms. The topological polar surface area (TPSA) is 58.6 Å². The van der Waals surface area contributed by atoms with E-state index in [1.165, 1.54) is 0 Å². The van der Waals surface area contributed by atoms with Crippen molar-refractivity contribution in [3.8, 4) is 5.75 Å². The third-order valence-electron chi connectivity index (χ3n) is 3.99. The van der Waals surface area contributed by atoms with Gasteiger partial charge in [0.15, 0.2) is 6.10 Å². The van der Waals surface area contributed by atoms with Gasteiger partial charge in [0, 0.05) is 0 Å². The van der Waals surface area contributed by atoms with Gasteiger partial charge in [-0.25, -0.2) is 0 Å². The summed E-state index contributed by atoms with van der Waals surface area (Å²) in [7, 11) is 0. The molecule has 4 nitrogen and oxygen atoms in total. The Kier molecular flexibility index (Phi) is 5.62. The van der Waals surface area contributed by atoms with Gasteiger partial charge in [-0.15, -0.1) is 0 Å². The molecule has 1 aromatic carbocycles. The Hall–Kier alpha value is -1.55. The normalized spacial score (nSPS) is 23.4. The van der Waals surface area contributed by atoms with Crippen molar-refractivity contribution in [1.82, 2.24) is 5.32 Å². The second-order valence-electron chi connectivity index (χ2n) is 5.80. The van der Waals surface area contributed by atoms with Crippen LogP contribution in [0.25, 0.3) is 0 Å². The molecule has 1 aromatic rings. The molecule has 1 saturated carbocycles. The highest BCUT2D eigenvalue weighted by Gasteiger charge is 2.27. The van der Waals surface area contributed by atoms with E-state index in [2.05, 4.69) is 5.32 Å². The smallest absolute Gasteiger partial charge is 0.261 e. The van der Waals surface area contributed by atoms with Crippen molar-refractivity contribution in [1.29, 1.82) is 0 Å². The maximum atomic E-state index is 12.3. The number of rotatable bonds is 5. The summed E-state index contributed by atoms with van der Waals surface area (Å²) in [5.41, 5.74) is 1.10. The monoisotopic (exact) mass is 291 g/mol. The van der Waals surface area contributed by atoms with Crippen LogP contribution in [0.1, 0.15) is 44.6 Å². The summed E-state index contributed by atoms with van der Waals surface area (Å²) in [5, 5.41) is 12.9. The van der Waals surface area contributed by atoms with Crippen molar-refractivity contribution >= 4 is 5.91 Å². The van der Waals surface area contributed by atoms with Crippen molar-refractivity contribution in [3.63, 3.8) is 0 Å². The Balaban J connectivity index is 1.95. The Morgan fingerprint density at radius 3 is 2.86 bits per heavy atom. The zero-order valence-electron chi connectivity index (χ0n) is 12.8. The van der Waals surface area contributed by atoms with Crippen molar-refractivity contribution in [2.24, 2.45) is 0 Å². The number of hydrogen-bond donors (Lipinski definition) is 2. The molecule has 0 aromatic heterocycles. The molecule has 1 aliphatic rings. The molecule has 4 heteroatoms. The lowest BCUT2D eigenvalue weighted by Crippen LogP contribution is -2.49. The molecule has 0 heterocycles. The first-order chi connectivity index (χ1) is 10.1. The molecular weight excluding hydrogens is 266 g/mol. The molecule has 3 atom stereocenters. The summed E-state index contributed by atoms with van der Waals surface area (Å²) in [4.78, 5) is 12.3. The zero-order valence-corrected chi connectivity index (χ0v) is 12.8. The van der Waals surface area contributed by atoms with Crippen LogP contribution in [0.2, 0.25) is 0 Å². The van der Waals surface area contributed by atoms with E-state index in [1.54, 1.807) is 0 Å². The highest BCUT2D eigenvalue weighted by molar-refractivity contribution is 5.81. The van der Waals surface area contributed by atoms with E-state index in [1.807, 2.05) is 38.1 Å². The van der Waals surface area contributed by atoms with Crippen LogP contribution in [0, 0.1) is 6.92 Å². The number of aliphatic hydroxyl groups is 1. The molecule has 0 radical (unpaired) electrons. The van der Waals surface area contributed by atoms with E-state index < -0.39 is 12.2 Å². The molecular formula is C17H25NO3. The molecule has 0 saturated heterocycles.